The Kier molecular flexibility index (Phi) is 4.46. The summed E-state index contributed by atoms with van der Waals surface area (Å²) in [6, 6.07) is 5.67. The Morgan fingerprint density at radius 2 is 2.20 bits per heavy atom. The lowest BCUT2D eigenvalue weighted by molar-refractivity contribution is 0.0935. The van der Waals surface area contributed by atoms with Crippen LogP contribution in [0.2, 0.25) is 0 Å². The molecule has 1 aromatic carbocycles. The quantitative estimate of drug-likeness (QED) is 0.910. The van der Waals surface area contributed by atoms with E-state index in [0.717, 1.165) is 0 Å². The maximum atomic E-state index is 13.1. The molecule has 0 fully saturated rings. The van der Waals surface area contributed by atoms with Gasteiger partial charge in [-0.1, -0.05) is 12.1 Å². The number of aromatic nitrogens is 1. The van der Waals surface area contributed by atoms with Gasteiger partial charge in [0.05, 0.1) is 12.1 Å². The predicted octanol–water partition coefficient (Wildman–Crippen LogP) is 2.79. The molecule has 0 aliphatic rings. The Morgan fingerprint density at radius 1 is 1.45 bits per heavy atom. The van der Waals surface area contributed by atoms with Gasteiger partial charge < -0.3 is 11.1 Å². The molecule has 6 heteroatoms. The summed E-state index contributed by atoms with van der Waals surface area (Å²) in [5, 5.41) is 5.18. The molecule has 1 aromatic heterocycles. The number of carbonyl (C=O) groups excluding carboxylic acids is 1. The van der Waals surface area contributed by atoms with Crippen LogP contribution in [0.5, 0.6) is 0 Å². The summed E-state index contributed by atoms with van der Waals surface area (Å²) in [5.41, 5.74) is 6.76. The fourth-order valence-corrected chi connectivity index (χ4v) is 2.49. The molecular weight excluding hydrogens is 277 g/mol. The molecule has 0 radical (unpaired) electrons. The molecule has 0 saturated heterocycles. The molecule has 3 N–H and O–H groups in total. The standard InChI is InChI=1S/C14H16FN3OS/c1-8(16)14-18-12(7-20-14)13(19)17-9(2)10-4-3-5-11(15)6-10/h3-9H,16H2,1-2H3,(H,17,19)/t8?,9-/m1/s1. The van der Waals surface area contributed by atoms with Crippen molar-refractivity contribution in [1.29, 1.82) is 0 Å². The largest absolute Gasteiger partial charge is 0.344 e. The summed E-state index contributed by atoms with van der Waals surface area (Å²) < 4.78 is 13.1. The van der Waals surface area contributed by atoms with E-state index in [1.165, 1.54) is 23.5 Å². The van der Waals surface area contributed by atoms with Crippen LogP contribution >= 0.6 is 11.3 Å². The monoisotopic (exact) mass is 293 g/mol. The Labute approximate surface area is 120 Å². The number of hydrogen-bond acceptors (Lipinski definition) is 4. The molecule has 2 rings (SSSR count). The van der Waals surface area contributed by atoms with Gasteiger partial charge in [-0.15, -0.1) is 11.3 Å². The van der Waals surface area contributed by atoms with Crippen molar-refractivity contribution in [3.63, 3.8) is 0 Å². The van der Waals surface area contributed by atoms with E-state index in [4.69, 9.17) is 5.73 Å². The minimum Gasteiger partial charge on any atom is -0.344 e. The molecule has 0 spiro atoms. The van der Waals surface area contributed by atoms with Crippen molar-refractivity contribution in [1.82, 2.24) is 10.3 Å². The third-order valence-electron chi connectivity index (χ3n) is 2.84. The smallest absolute Gasteiger partial charge is 0.271 e. The number of halogens is 1. The Hall–Kier alpha value is -1.79. The van der Waals surface area contributed by atoms with Gasteiger partial charge in [0.1, 0.15) is 16.5 Å². The van der Waals surface area contributed by atoms with Crippen LogP contribution in [0, 0.1) is 5.82 Å². The Balaban J connectivity index is 2.07. The SMILES string of the molecule is CC(N)c1nc(C(=O)N[C@H](C)c2cccc(F)c2)cs1. The average Bonchev–Trinajstić information content (AvgIpc) is 2.88. The van der Waals surface area contributed by atoms with E-state index in [0.29, 0.717) is 16.3 Å². The number of amides is 1. The second-order valence-electron chi connectivity index (χ2n) is 4.61. The maximum Gasteiger partial charge on any atom is 0.271 e. The molecule has 2 aromatic rings. The fourth-order valence-electron chi connectivity index (χ4n) is 1.73. The molecule has 106 valence electrons. The highest BCUT2D eigenvalue weighted by Gasteiger charge is 2.15. The predicted molar refractivity (Wildman–Crippen MR) is 77.0 cm³/mol. The minimum absolute atomic E-state index is 0.192. The van der Waals surface area contributed by atoms with Gasteiger partial charge in [-0.05, 0) is 31.5 Å². The fraction of sp³-hybridized carbons (Fsp3) is 0.286. The summed E-state index contributed by atoms with van der Waals surface area (Å²) in [6.45, 7) is 3.61. The highest BCUT2D eigenvalue weighted by atomic mass is 32.1. The molecule has 2 atom stereocenters. The zero-order chi connectivity index (χ0) is 14.7. The van der Waals surface area contributed by atoms with E-state index in [1.54, 1.807) is 24.4 Å². The van der Waals surface area contributed by atoms with Crippen LogP contribution in [-0.4, -0.2) is 10.9 Å². The number of nitrogens with one attached hydrogen (secondary N) is 1. The van der Waals surface area contributed by atoms with Crippen LogP contribution in [-0.2, 0) is 0 Å². The number of nitrogens with zero attached hydrogens (tertiary/aromatic N) is 1. The van der Waals surface area contributed by atoms with Gasteiger partial charge in [0.2, 0.25) is 0 Å². The molecule has 0 saturated carbocycles. The first-order chi connectivity index (χ1) is 9.47. The third kappa shape index (κ3) is 3.40. The average molecular weight is 293 g/mol. The van der Waals surface area contributed by atoms with Crippen molar-refractivity contribution in [3.8, 4) is 0 Å². The summed E-state index contributed by atoms with van der Waals surface area (Å²) in [5.74, 6) is -0.610. The highest BCUT2D eigenvalue weighted by molar-refractivity contribution is 7.09. The van der Waals surface area contributed by atoms with Crippen LogP contribution in [0.3, 0.4) is 0 Å². The van der Waals surface area contributed by atoms with E-state index < -0.39 is 0 Å². The lowest BCUT2D eigenvalue weighted by Gasteiger charge is -2.13. The van der Waals surface area contributed by atoms with E-state index in [2.05, 4.69) is 10.3 Å². The summed E-state index contributed by atoms with van der Waals surface area (Å²) in [4.78, 5) is 16.2. The van der Waals surface area contributed by atoms with E-state index in [9.17, 15) is 9.18 Å². The van der Waals surface area contributed by atoms with Gasteiger partial charge in [0, 0.05) is 5.38 Å². The van der Waals surface area contributed by atoms with Crippen LogP contribution in [0.25, 0.3) is 0 Å². The number of hydrogen-bond donors (Lipinski definition) is 2. The number of carbonyl (C=O) groups is 1. The Bertz CT molecular complexity index is 612. The van der Waals surface area contributed by atoms with Crippen molar-refractivity contribution in [2.24, 2.45) is 5.73 Å². The lowest BCUT2D eigenvalue weighted by Crippen LogP contribution is -2.27. The summed E-state index contributed by atoms with van der Waals surface area (Å²) in [6.07, 6.45) is 0. The molecule has 0 bridgehead atoms. The molecular formula is C14H16FN3OS. The van der Waals surface area contributed by atoms with Crippen LogP contribution < -0.4 is 11.1 Å². The first-order valence-electron chi connectivity index (χ1n) is 6.24. The molecule has 20 heavy (non-hydrogen) atoms. The first-order valence-corrected chi connectivity index (χ1v) is 7.12. The summed E-state index contributed by atoms with van der Waals surface area (Å²) >= 11 is 1.35. The van der Waals surface area contributed by atoms with E-state index in [-0.39, 0.29) is 23.8 Å². The number of thiazole rings is 1. The van der Waals surface area contributed by atoms with Gasteiger partial charge in [-0.3, -0.25) is 4.79 Å². The lowest BCUT2D eigenvalue weighted by atomic mass is 10.1. The highest BCUT2D eigenvalue weighted by Crippen LogP contribution is 2.18. The second-order valence-corrected chi connectivity index (χ2v) is 5.50. The Morgan fingerprint density at radius 3 is 2.80 bits per heavy atom. The van der Waals surface area contributed by atoms with Crippen molar-refractivity contribution < 1.29 is 9.18 Å². The maximum absolute atomic E-state index is 13.1. The van der Waals surface area contributed by atoms with Gasteiger partial charge in [-0.25, -0.2) is 9.37 Å². The van der Waals surface area contributed by atoms with Gasteiger partial charge in [0.25, 0.3) is 5.91 Å². The molecule has 1 amide bonds. The van der Waals surface area contributed by atoms with Crippen molar-refractivity contribution in [2.75, 3.05) is 0 Å². The zero-order valence-corrected chi connectivity index (χ0v) is 12.1. The van der Waals surface area contributed by atoms with Gasteiger partial charge in [0.15, 0.2) is 0 Å². The van der Waals surface area contributed by atoms with Crippen LogP contribution in [0.4, 0.5) is 4.39 Å². The first kappa shape index (κ1) is 14.6. The minimum atomic E-state index is -0.323. The number of rotatable bonds is 4. The van der Waals surface area contributed by atoms with E-state index >= 15 is 0 Å². The molecule has 1 heterocycles. The van der Waals surface area contributed by atoms with Crippen molar-refractivity contribution in [2.45, 2.75) is 25.9 Å². The van der Waals surface area contributed by atoms with Crippen LogP contribution in [0.1, 0.15) is 47.0 Å². The van der Waals surface area contributed by atoms with Crippen LogP contribution in [0.15, 0.2) is 29.6 Å². The van der Waals surface area contributed by atoms with Gasteiger partial charge >= 0.3 is 0 Å². The van der Waals surface area contributed by atoms with Crippen molar-refractivity contribution >= 4 is 17.2 Å². The topological polar surface area (TPSA) is 68.0 Å². The number of benzene rings is 1. The summed E-state index contributed by atoms with van der Waals surface area (Å²) in [7, 11) is 0. The van der Waals surface area contributed by atoms with Gasteiger partial charge in [-0.2, -0.15) is 0 Å². The normalized spacial score (nSPS) is 13.8. The van der Waals surface area contributed by atoms with Crippen molar-refractivity contribution in [3.05, 3.63) is 51.7 Å². The molecule has 0 aliphatic heterocycles. The number of nitrogens with two attached hydrogens (primary N) is 1. The third-order valence-corrected chi connectivity index (χ3v) is 3.89. The zero-order valence-electron chi connectivity index (χ0n) is 11.3. The van der Waals surface area contributed by atoms with E-state index in [1.807, 2.05) is 6.92 Å². The molecule has 0 aliphatic carbocycles. The second kappa shape index (κ2) is 6.11. The molecule has 1 unspecified atom stereocenters. The molecule has 4 nitrogen and oxygen atoms in total.